The zero-order valence-electron chi connectivity index (χ0n) is 9.40. The number of phenolic OH excluding ortho intramolecular Hbond substituents is 1. The van der Waals surface area contributed by atoms with Crippen LogP contribution in [0.15, 0.2) is 18.2 Å². The molecule has 1 N–H and O–H groups in total. The Kier molecular flexibility index (Phi) is 3.13. The number of aromatic hydroxyl groups is 1. The largest absolute Gasteiger partial charge is 0.508 e. The average molecular weight is 220 g/mol. The molecule has 0 spiro atoms. The van der Waals surface area contributed by atoms with Crippen LogP contribution in [0, 0.1) is 0 Å². The predicted octanol–water partition coefficient (Wildman–Crippen LogP) is 2.38. The molecule has 1 aliphatic rings. The summed E-state index contributed by atoms with van der Waals surface area (Å²) >= 11 is 0. The van der Waals surface area contributed by atoms with Crippen molar-refractivity contribution in [3.8, 4) is 5.75 Å². The quantitative estimate of drug-likeness (QED) is 0.795. The van der Waals surface area contributed by atoms with Crippen LogP contribution < -0.4 is 0 Å². The highest BCUT2D eigenvalue weighted by molar-refractivity contribution is 5.71. The maximum absolute atomic E-state index is 11.4. The second-order valence-corrected chi connectivity index (χ2v) is 4.13. The molecule has 86 valence electrons. The van der Waals surface area contributed by atoms with Crippen molar-refractivity contribution in [3.05, 3.63) is 29.3 Å². The molecule has 0 radical (unpaired) electrons. The molecule has 16 heavy (non-hydrogen) atoms. The molecule has 1 unspecified atom stereocenters. The highest BCUT2D eigenvalue weighted by Gasteiger charge is 2.25. The van der Waals surface area contributed by atoms with Gasteiger partial charge in [0.2, 0.25) is 0 Å². The van der Waals surface area contributed by atoms with E-state index in [-0.39, 0.29) is 17.6 Å². The summed E-state index contributed by atoms with van der Waals surface area (Å²) in [6.45, 7) is 2.24. The van der Waals surface area contributed by atoms with Crippen LogP contribution in [0.2, 0.25) is 0 Å². The van der Waals surface area contributed by atoms with Crippen LogP contribution in [0.3, 0.4) is 0 Å². The van der Waals surface area contributed by atoms with Gasteiger partial charge in [0.25, 0.3) is 0 Å². The van der Waals surface area contributed by atoms with Gasteiger partial charge in [-0.05, 0) is 48.9 Å². The lowest BCUT2D eigenvalue weighted by molar-refractivity contribution is -0.143. The van der Waals surface area contributed by atoms with E-state index in [0.29, 0.717) is 13.0 Å². The van der Waals surface area contributed by atoms with Gasteiger partial charge >= 0.3 is 5.97 Å². The van der Waals surface area contributed by atoms with Gasteiger partial charge < -0.3 is 9.84 Å². The summed E-state index contributed by atoms with van der Waals surface area (Å²) in [6.07, 6.45) is 2.38. The van der Waals surface area contributed by atoms with E-state index in [1.165, 1.54) is 5.56 Å². The summed E-state index contributed by atoms with van der Waals surface area (Å²) in [5, 5.41) is 9.44. The molecule has 0 amide bonds. The fourth-order valence-electron chi connectivity index (χ4n) is 2.31. The van der Waals surface area contributed by atoms with Crippen LogP contribution in [0.1, 0.15) is 36.8 Å². The lowest BCUT2D eigenvalue weighted by Gasteiger charge is -2.10. The minimum atomic E-state index is -0.149. The van der Waals surface area contributed by atoms with Gasteiger partial charge in [-0.3, -0.25) is 4.79 Å². The molecule has 1 aromatic carbocycles. The van der Waals surface area contributed by atoms with E-state index < -0.39 is 0 Å². The van der Waals surface area contributed by atoms with Crippen molar-refractivity contribution < 1.29 is 14.6 Å². The topological polar surface area (TPSA) is 46.5 Å². The standard InChI is InChI=1S/C13H16O3/c1-2-16-13(15)7-10-4-3-9-5-6-11(14)8-12(9)10/h5-6,8,10,14H,2-4,7H2,1H3. The number of ether oxygens (including phenoxy) is 1. The van der Waals surface area contributed by atoms with Crippen molar-refractivity contribution in [2.75, 3.05) is 6.61 Å². The first-order chi connectivity index (χ1) is 7.70. The third-order valence-corrected chi connectivity index (χ3v) is 3.05. The summed E-state index contributed by atoms with van der Waals surface area (Å²) < 4.78 is 4.95. The summed E-state index contributed by atoms with van der Waals surface area (Å²) in [5.41, 5.74) is 2.35. The number of fused-ring (bicyclic) bond motifs is 1. The number of rotatable bonds is 3. The van der Waals surface area contributed by atoms with Crippen molar-refractivity contribution in [1.82, 2.24) is 0 Å². The van der Waals surface area contributed by atoms with Crippen molar-refractivity contribution in [1.29, 1.82) is 0 Å². The van der Waals surface area contributed by atoms with Crippen molar-refractivity contribution in [2.24, 2.45) is 0 Å². The number of hydrogen-bond donors (Lipinski definition) is 1. The Morgan fingerprint density at radius 3 is 3.12 bits per heavy atom. The Balaban J connectivity index is 2.11. The van der Waals surface area contributed by atoms with Crippen molar-refractivity contribution in [2.45, 2.75) is 32.1 Å². The monoisotopic (exact) mass is 220 g/mol. The second-order valence-electron chi connectivity index (χ2n) is 4.13. The summed E-state index contributed by atoms with van der Waals surface area (Å²) in [5.74, 6) is 0.333. The van der Waals surface area contributed by atoms with E-state index in [9.17, 15) is 9.90 Å². The molecule has 1 aromatic rings. The van der Waals surface area contributed by atoms with Gasteiger partial charge in [-0.15, -0.1) is 0 Å². The highest BCUT2D eigenvalue weighted by atomic mass is 16.5. The van der Waals surface area contributed by atoms with Crippen LogP contribution in [-0.2, 0) is 16.0 Å². The Morgan fingerprint density at radius 2 is 2.38 bits per heavy atom. The molecule has 0 fully saturated rings. The number of carbonyl (C=O) groups is 1. The van der Waals surface area contributed by atoms with Gasteiger partial charge in [0.05, 0.1) is 13.0 Å². The molecule has 0 saturated heterocycles. The van der Waals surface area contributed by atoms with E-state index in [1.54, 1.807) is 12.1 Å². The van der Waals surface area contributed by atoms with Gasteiger partial charge in [0.1, 0.15) is 5.75 Å². The number of hydrogen-bond acceptors (Lipinski definition) is 3. The first-order valence-electron chi connectivity index (χ1n) is 5.68. The highest BCUT2D eigenvalue weighted by Crippen LogP contribution is 2.37. The molecule has 1 aliphatic carbocycles. The molecule has 0 heterocycles. The summed E-state index contributed by atoms with van der Waals surface area (Å²) in [6, 6.07) is 5.41. The molecular formula is C13H16O3. The second kappa shape index (κ2) is 4.56. The molecule has 3 nitrogen and oxygen atoms in total. The third kappa shape index (κ3) is 2.18. The number of aryl methyl sites for hydroxylation is 1. The van der Waals surface area contributed by atoms with Crippen LogP contribution in [0.4, 0.5) is 0 Å². The summed E-state index contributed by atoms with van der Waals surface area (Å²) in [7, 11) is 0. The first-order valence-corrected chi connectivity index (χ1v) is 5.68. The number of esters is 1. The van der Waals surface area contributed by atoms with Gasteiger partial charge in [0, 0.05) is 0 Å². The fraction of sp³-hybridized carbons (Fsp3) is 0.462. The van der Waals surface area contributed by atoms with Crippen LogP contribution in [0.5, 0.6) is 5.75 Å². The summed E-state index contributed by atoms with van der Waals surface area (Å²) in [4.78, 5) is 11.4. The lowest BCUT2D eigenvalue weighted by atomic mass is 9.98. The maximum Gasteiger partial charge on any atom is 0.306 e. The van der Waals surface area contributed by atoms with Crippen LogP contribution >= 0.6 is 0 Å². The van der Waals surface area contributed by atoms with Gasteiger partial charge in [-0.2, -0.15) is 0 Å². The smallest absolute Gasteiger partial charge is 0.306 e. The van der Waals surface area contributed by atoms with E-state index in [0.717, 1.165) is 18.4 Å². The Hall–Kier alpha value is -1.51. The Labute approximate surface area is 95.0 Å². The predicted molar refractivity (Wildman–Crippen MR) is 60.4 cm³/mol. The van der Waals surface area contributed by atoms with Gasteiger partial charge in [-0.25, -0.2) is 0 Å². The van der Waals surface area contributed by atoms with E-state index in [4.69, 9.17) is 4.74 Å². The van der Waals surface area contributed by atoms with E-state index >= 15 is 0 Å². The molecule has 3 heteroatoms. The molecular weight excluding hydrogens is 204 g/mol. The van der Waals surface area contributed by atoms with Crippen LogP contribution in [0.25, 0.3) is 0 Å². The van der Waals surface area contributed by atoms with Gasteiger partial charge in [-0.1, -0.05) is 6.07 Å². The minimum Gasteiger partial charge on any atom is -0.508 e. The molecule has 0 aliphatic heterocycles. The molecule has 0 bridgehead atoms. The number of phenols is 1. The molecule has 0 saturated carbocycles. The average Bonchev–Trinajstić information content (AvgIpc) is 2.61. The molecule has 2 rings (SSSR count). The van der Waals surface area contributed by atoms with Crippen molar-refractivity contribution in [3.63, 3.8) is 0 Å². The normalized spacial score (nSPS) is 18.2. The van der Waals surface area contributed by atoms with E-state index in [2.05, 4.69) is 0 Å². The zero-order valence-corrected chi connectivity index (χ0v) is 9.40. The SMILES string of the molecule is CCOC(=O)CC1CCc2ccc(O)cc21. The Morgan fingerprint density at radius 1 is 1.56 bits per heavy atom. The van der Waals surface area contributed by atoms with E-state index in [1.807, 2.05) is 13.0 Å². The molecule has 1 atom stereocenters. The number of benzene rings is 1. The lowest BCUT2D eigenvalue weighted by Crippen LogP contribution is -2.08. The number of carbonyl (C=O) groups excluding carboxylic acids is 1. The van der Waals surface area contributed by atoms with Crippen molar-refractivity contribution >= 4 is 5.97 Å². The third-order valence-electron chi connectivity index (χ3n) is 3.05. The van der Waals surface area contributed by atoms with Gasteiger partial charge in [0.15, 0.2) is 0 Å². The Bertz CT molecular complexity index is 398. The first kappa shape index (κ1) is 11.0. The zero-order chi connectivity index (χ0) is 11.5. The fourth-order valence-corrected chi connectivity index (χ4v) is 2.31. The minimum absolute atomic E-state index is 0.149. The molecule has 0 aromatic heterocycles. The van der Waals surface area contributed by atoms with Crippen LogP contribution in [-0.4, -0.2) is 17.7 Å². The maximum atomic E-state index is 11.4.